The van der Waals surface area contributed by atoms with Crippen molar-refractivity contribution in [1.82, 2.24) is 4.98 Å². The Bertz CT molecular complexity index is 1200. The van der Waals surface area contributed by atoms with Crippen LogP contribution in [0.1, 0.15) is 12.5 Å². The van der Waals surface area contributed by atoms with Gasteiger partial charge in [-0.3, -0.25) is 9.78 Å². The van der Waals surface area contributed by atoms with Gasteiger partial charge in [0.1, 0.15) is 36.3 Å². The number of carbonyl (C=O) groups is 1. The Morgan fingerprint density at radius 3 is 2.76 bits per heavy atom. The molecule has 170 valence electrons. The van der Waals surface area contributed by atoms with Crippen LogP contribution >= 0.6 is 0 Å². The molecule has 0 radical (unpaired) electrons. The Hall–Kier alpha value is -3.91. The number of fused-ring (bicyclic) bond motifs is 1. The predicted octanol–water partition coefficient (Wildman–Crippen LogP) is 3.39. The lowest BCUT2D eigenvalue weighted by Crippen LogP contribution is -2.48. The maximum absolute atomic E-state index is 12.4. The van der Waals surface area contributed by atoms with Crippen molar-refractivity contribution in [2.75, 3.05) is 31.8 Å². The standard InChI is InChI=1S/C25H26N4O4/c1-16(27)22(12-26)20-9-10-23(25-21(20)4-3-11-28-25)33-14-19-13-29(24(30)15-32-19)17-5-7-18(31-2)8-6-17/h3-12,19,26H,13-15,27H2,1-2H3/b22-16+,26-12?. The minimum atomic E-state index is -0.299. The zero-order valence-corrected chi connectivity index (χ0v) is 18.6. The van der Waals surface area contributed by atoms with Gasteiger partial charge in [-0.15, -0.1) is 0 Å². The van der Waals surface area contributed by atoms with E-state index >= 15 is 0 Å². The summed E-state index contributed by atoms with van der Waals surface area (Å²) in [5.74, 6) is 1.23. The first-order valence-corrected chi connectivity index (χ1v) is 10.6. The molecule has 1 aromatic heterocycles. The lowest BCUT2D eigenvalue weighted by atomic mass is 9.99. The second kappa shape index (κ2) is 9.70. The topological polar surface area (TPSA) is 111 Å². The summed E-state index contributed by atoms with van der Waals surface area (Å²) in [6.45, 7) is 2.39. The number of nitrogens with two attached hydrogens (primary N) is 1. The van der Waals surface area contributed by atoms with Crippen LogP contribution in [0.15, 0.2) is 60.4 Å². The molecule has 4 rings (SSSR count). The van der Waals surface area contributed by atoms with Crippen LogP contribution in [0, 0.1) is 5.41 Å². The average molecular weight is 447 g/mol. The molecule has 0 aliphatic carbocycles. The number of nitrogens with zero attached hydrogens (tertiary/aromatic N) is 2. The highest BCUT2D eigenvalue weighted by Crippen LogP contribution is 2.31. The molecule has 2 heterocycles. The molecule has 1 amide bonds. The number of hydrogen-bond acceptors (Lipinski definition) is 7. The van der Waals surface area contributed by atoms with E-state index < -0.39 is 0 Å². The number of aromatic nitrogens is 1. The molecule has 1 unspecified atom stereocenters. The van der Waals surface area contributed by atoms with Crippen LogP contribution < -0.4 is 20.1 Å². The van der Waals surface area contributed by atoms with Gasteiger partial charge >= 0.3 is 0 Å². The number of nitrogens with one attached hydrogen (secondary N) is 1. The molecule has 3 N–H and O–H groups in total. The zero-order chi connectivity index (χ0) is 23.4. The van der Waals surface area contributed by atoms with Gasteiger partial charge in [-0.25, -0.2) is 0 Å². The minimum Gasteiger partial charge on any atom is -0.497 e. The molecule has 1 atom stereocenters. The second-order valence-electron chi connectivity index (χ2n) is 7.70. The van der Waals surface area contributed by atoms with Crippen molar-refractivity contribution in [2.24, 2.45) is 5.73 Å². The van der Waals surface area contributed by atoms with Crippen molar-refractivity contribution >= 4 is 34.3 Å². The van der Waals surface area contributed by atoms with Gasteiger partial charge in [0.2, 0.25) is 0 Å². The molecule has 8 heteroatoms. The number of carbonyl (C=O) groups excluding carboxylic acids is 1. The van der Waals surface area contributed by atoms with Crippen LogP contribution in [0.4, 0.5) is 5.69 Å². The Balaban J connectivity index is 1.53. The first kappa shape index (κ1) is 22.3. The SMILES string of the molecule is COc1ccc(N2CC(COc3ccc(/C(C=N)=C(\C)N)c4cccnc34)OCC2=O)cc1. The van der Waals surface area contributed by atoms with Gasteiger partial charge in [-0.2, -0.15) is 0 Å². The predicted molar refractivity (Wildman–Crippen MR) is 128 cm³/mol. The number of benzene rings is 2. The smallest absolute Gasteiger partial charge is 0.253 e. The summed E-state index contributed by atoms with van der Waals surface area (Å²) in [5, 5.41) is 8.58. The summed E-state index contributed by atoms with van der Waals surface area (Å²) in [6, 6.07) is 14.8. The van der Waals surface area contributed by atoms with Gasteiger partial charge in [0.15, 0.2) is 0 Å². The van der Waals surface area contributed by atoms with Gasteiger partial charge in [0, 0.05) is 34.8 Å². The Labute approximate surface area is 192 Å². The van der Waals surface area contributed by atoms with Crippen LogP contribution in [-0.4, -0.2) is 50.1 Å². The molecule has 0 spiro atoms. The van der Waals surface area contributed by atoms with Crippen molar-refractivity contribution < 1.29 is 19.0 Å². The highest BCUT2D eigenvalue weighted by Gasteiger charge is 2.28. The van der Waals surface area contributed by atoms with E-state index in [2.05, 4.69) is 4.98 Å². The highest BCUT2D eigenvalue weighted by molar-refractivity contribution is 6.14. The minimum absolute atomic E-state index is 0.0126. The van der Waals surface area contributed by atoms with Crippen molar-refractivity contribution in [3.63, 3.8) is 0 Å². The average Bonchev–Trinajstić information content (AvgIpc) is 2.84. The van der Waals surface area contributed by atoms with Gasteiger partial charge < -0.3 is 30.3 Å². The third kappa shape index (κ3) is 4.65. The summed E-state index contributed by atoms with van der Waals surface area (Å²) in [6.07, 6.45) is 2.65. The molecule has 1 aliphatic rings. The van der Waals surface area contributed by atoms with Crippen molar-refractivity contribution in [1.29, 1.82) is 5.41 Å². The maximum Gasteiger partial charge on any atom is 0.253 e. The third-order valence-corrected chi connectivity index (χ3v) is 5.53. The molecule has 1 aliphatic heterocycles. The number of pyridine rings is 1. The summed E-state index contributed by atoms with van der Waals surface area (Å²) >= 11 is 0. The summed E-state index contributed by atoms with van der Waals surface area (Å²) in [5.41, 5.74) is 9.46. The summed E-state index contributed by atoms with van der Waals surface area (Å²) < 4.78 is 17.0. The molecular formula is C25H26N4O4. The second-order valence-corrected chi connectivity index (χ2v) is 7.70. The van der Waals surface area contributed by atoms with Gasteiger partial charge in [0.05, 0.1) is 13.7 Å². The van der Waals surface area contributed by atoms with Gasteiger partial charge in [-0.1, -0.05) is 6.07 Å². The fraction of sp³-hybridized carbons (Fsp3) is 0.240. The van der Waals surface area contributed by atoms with Crippen molar-refractivity contribution in [2.45, 2.75) is 13.0 Å². The van der Waals surface area contributed by atoms with E-state index in [0.29, 0.717) is 29.1 Å². The first-order chi connectivity index (χ1) is 16.0. The number of rotatable bonds is 7. The molecule has 2 aromatic carbocycles. The van der Waals surface area contributed by atoms with Crippen LogP contribution in [-0.2, 0) is 9.53 Å². The number of hydrogen-bond donors (Lipinski definition) is 2. The molecule has 3 aromatic rings. The maximum atomic E-state index is 12.4. The molecule has 1 saturated heterocycles. The van der Waals surface area contributed by atoms with Crippen LogP contribution in [0.5, 0.6) is 11.5 Å². The Morgan fingerprint density at radius 1 is 1.27 bits per heavy atom. The fourth-order valence-electron chi connectivity index (χ4n) is 3.82. The molecule has 33 heavy (non-hydrogen) atoms. The Morgan fingerprint density at radius 2 is 2.06 bits per heavy atom. The first-order valence-electron chi connectivity index (χ1n) is 10.6. The van der Waals surface area contributed by atoms with Crippen LogP contribution in [0.3, 0.4) is 0 Å². The number of allylic oxidation sites excluding steroid dienone is 2. The highest BCUT2D eigenvalue weighted by atomic mass is 16.5. The van der Waals surface area contributed by atoms with E-state index in [0.717, 1.165) is 22.4 Å². The summed E-state index contributed by atoms with van der Waals surface area (Å²) in [7, 11) is 1.60. The normalized spacial score (nSPS) is 17.0. The van der Waals surface area contributed by atoms with E-state index in [1.54, 1.807) is 25.1 Å². The lowest BCUT2D eigenvalue weighted by molar-refractivity contribution is -0.130. The number of anilines is 1. The largest absolute Gasteiger partial charge is 0.497 e. The van der Waals surface area contributed by atoms with Gasteiger partial charge in [-0.05, 0) is 55.0 Å². The number of methoxy groups -OCH3 is 1. The van der Waals surface area contributed by atoms with E-state index in [9.17, 15) is 4.79 Å². The van der Waals surface area contributed by atoms with E-state index in [4.69, 9.17) is 25.4 Å². The zero-order valence-electron chi connectivity index (χ0n) is 18.6. The number of morpholine rings is 1. The van der Waals surface area contributed by atoms with E-state index in [1.807, 2.05) is 48.5 Å². The molecule has 0 bridgehead atoms. The van der Waals surface area contributed by atoms with Crippen LogP contribution in [0.2, 0.25) is 0 Å². The van der Waals surface area contributed by atoms with E-state index in [1.165, 1.54) is 6.21 Å². The monoisotopic (exact) mass is 446 g/mol. The molecular weight excluding hydrogens is 420 g/mol. The quantitative estimate of drug-likeness (QED) is 0.538. The van der Waals surface area contributed by atoms with Crippen LogP contribution in [0.25, 0.3) is 16.5 Å². The molecule has 0 saturated carbocycles. The number of amides is 1. The third-order valence-electron chi connectivity index (χ3n) is 5.53. The Kier molecular flexibility index (Phi) is 6.55. The van der Waals surface area contributed by atoms with E-state index in [-0.39, 0.29) is 25.2 Å². The molecule has 8 nitrogen and oxygen atoms in total. The number of ether oxygens (including phenoxy) is 3. The van der Waals surface area contributed by atoms with Crippen molar-refractivity contribution in [3.8, 4) is 11.5 Å². The van der Waals surface area contributed by atoms with Crippen molar-refractivity contribution in [3.05, 3.63) is 66.0 Å². The van der Waals surface area contributed by atoms with Gasteiger partial charge in [0.25, 0.3) is 5.91 Å². The summed E-state index contributed by atoms with van der Waals surface area (Å²) in [4.78, 5) is 18.6. The lowest BCUT2D eigenvalue weighted by Gasteiger charge is -2.32. The molecule has 1 fully saturated rings. The fourth-order valence-corrected chi connectivity index (χ4v) is 3.82.